The summed E-state index contributed by atoms with van der Waals surface area (Å²) in [6.45, 7) is 2.17. The van der Waals surface area contributed by atoms with E-state index in [0.717, 1.165) is 17.0 Å². The fourth-order valence-corrected chi connectivity index (χ4v) is 5.50. The summed E-state index contributed by atoms with van der Waals surface area (Å²) < 4.78 is 70.0. The zero-order chi connectivity index (χ0) is 27.6. The molecule has 3 aromatic rings. The zero-order valence-electron chi connectivity index (χ0n) is 21.7. The van der Waals surface area contributed by atoms with E-state index >= 15 is 0 Å². The maximum Gasteiger partial charge on any atom is 0.573 e. The lowest BCUT2D eigenvalue weighted by Gasteiger charge is -2.52. The molecule has 2 saturated heterocycles. The molecule has 8 nitrogen and oxygen atoms in total. The van der Waals surface area contributed by atoms with Gasteiger partial charge in [0.15, 0.2) is 5.79 Å². The molecule has 2 aliphatic rings. The number of alkyl halides is 3. The van der Waals surface area contributed by atoms with Crippen LogP contribution in [0.15, 0.2) is 48.5 Å². The second kappa shape index (κ2) is 11.2. The zero-order valence-corrected chi connectivity index (χ0v) is 21.7. The maximum absolute atomic E-state index is 13.9. The Bertz CT molecular complexity index is 1240. The highest BCUT2D eigenvalue weighted by Gasteiger charge is 2.51. The van der Waals surface area contributed by atoms with Gasteiger partial charge in [-0.2, -0.15) is 15.4 Å². The van der Waals surface area contributed by atoms with Crippen LogP contribution in [0.25, 0.3) is 0 Å². The first-order chi connectivity index (χ1) is 18.6. The lowest BCUT2D eigenvalue weighted by Crippen LogP contribution is -2.57. The molecule has 0 unspecified atom stereocenters. The van der Waals surface area contributed by atoms with Crippen LogP contribution in [0.4, 0.5) is 17.6 Å². The van der Waals surface area contributed by atoms with Crippen molar-refractivity contribution in [3.05, 3.63) is 76.9 Å². The average molecular weight is 550 g/mol. The first-order valence-electron chi connectivity index (χ1n) is 12.8. The van der Waals surface area contributed by atoms with Gasteiger partial charge in [-0.3, -0.25) is 4.90 Å². The smallest absolute Gasteiger partial charge is 0.405 e. The molecule has 1 aromatic heterocycles. The quantitative estimate of drug-likeness (QED) is 0.426. The van der Waals surface area contributed by atoms with Crippen molar-refractivity contribution in [1.29, 1.82) is 0 Å². The molecule has 3 heterocycles. The molecule has 3 atom stereocenters. The summed E-state index contributed by atoms with van der Waals surface area (Å²) >= 11 is 0. The van der Waals surface area contributed by atoms with Crippen molar-refractivity contribution in [3.8, 4) is 5.75 Å². The van der Waals surface area contributed by atoms with Crippen LogP contribution in [0.1, 0.15) is 47.3 Å². The van der Waals surface area contributed by atoms with Gasteiger partial charge in [-0.25, -0.2) is 4.39 Å². The molecular weight excluding hydrogens is 518 g/mol. The molecule has 1 N–H and O–H groups in total. The summed E-state index contributed by atoms with van der Waals surface area (Å²) in [6.07, 6.45) is -3.86. The Morgan fingerprint density at radius 3 is 2.51 bits per heavy atom. The highest BCUT2D eigenvalue weighted by atomic mass is 19.4. The number of aromatic amines is 1. The fraction of sp³-hybridized carbons (Fsp3) is 0.481. The van der Waals surface area contributed by atoms with Crippen LogP contribution in [-0.4, -0.2) is 71.2 Å². The SMILES string of the molecule is CN(C)Cc1n[nH]nc1CN1CCO[C@@]2(CC[C@@H](c3ccccc3OC(F)(F)F)CO2)[C@@H]1c1ccc(F)cc1. The van der Waals surface area contributed by atoms with Crippen molar-refractivity contribution in [2.24, 2.45) is 0 Å². The molecule has 210 valence electrons. The number of rotatable bonds is 7. The molecule has 2 fully saturated rings. The van der Waals surface area contributed by atoms with E-state index in [2.05, 4.69) is 25.0 Å². The van der Waals surface area contributed by atoms with Crippen LogP contribution in [0.2, 0.25) is 0 Å². The summed E-state index contributed by atoms with van der Waals surface area (Å²) in [5.41, 5.74) is 2.86. The molecular formula is C27H31F4N5O3. The van der Waals surface area contributed by atoms with Crippen molar-refractivity contribution < 1.29 is 31.8 Å². The number of halogens is 4. The average Bonchev–Trinajstić information content (AvgIpc) is 3.31. The lowest BCUT2D eigenvalue weighted by atomic mass is 9.83. The van der Waals surface area contributed by atoms with Gasteiger partial charge in [0.2, 0.25) is 0 Å². The summed E-state index contributed by atoms with van der Waals surface area (Å²) in [7, 11) is 3.90. The van der Waals surface area contributed by atoms with Crippen molar-refractivity contribution in [2.75, 3.05) is 33.9 Å². The number of ether oxygens (including phenoxy) is 3. The van der Waals surface area contributed by atoms with Gasteiger partial charge in [0.25, 0.3) is 0 Å². The van der Waals surface area contributed by atoms with E-state index < -0.39 is 18.2 Å². The Kier molecular flexibility index (Phi) is 7.90. The van der Waals surface area contributed by atoms with Crippen molar-refractivity contribution >= 4 is 0 Å². The summed E-state index contributed by atoms with van der Waals surface area (Å²) in [6, 6.07) is 12.0. The standard InChI is InChI=1S/C27H31F4N5O3/c1-35(2)15-22-23(33-34-32-22)16-36-13-14-37-26(25(36)18-7-9-20(28)10-8-18)12-11-19(17-38-26)21-5-3-4-6-24(21)39-27(29,30)31/h3-10,19,25H,11-17H2,1-2H3,(H,32,33,34)/t19-,25+,26-/m1/s1. The van der Waals surface area contributed by atoms with E-state index in [1.54, 1.807) is 24.3 Å². The first kappa shape index (κ1) is 27.5. The second-order valence-electron chi connectivity index (χ2n) is 10.2. The van der Waals surface area contributed by atoms with Gasteiger partial charge < -0.3 is 19.1 Å². The van der Waals surface area contributed by atoms with Crippen molar-refractivity contribution in [2.45, 2.75) is 50.0 Å². The Balaban J connectivity index is 1.42. The van der Waals surface area contributed by atoms with Gasteiger partial charge in [0.1, 0.15) is 23.0 Å². The number of hydrogen-bond donors (Lipinski definition) is 1. The van der Waals surface area contributed by atoms with Crippen LogP contribution in [-0.2, 0) is 22.6 Å². The molecule has 0 bridgehead atoms. The number of nitrogens with one attached hydrogen (secondary N) is 1. The highest BCUT2D eigenvalue weighted by Crippen LogP contribution is 2.48. The molecule has 0 aliphatic carbocycles. The molecule has 2 aliphatic heterocycles. The minimum Gasteiger partial charge on any atom is -0.405 e. The Morgan fingerprint density at radius 2 is 1.82 bits per heavy atom. The van der Waals surface area contributed by atoms with E-state index in [0.29, 0.717) is 44.6 Å². The fourth-order valence-electron chi connectivity index (χ4n) is 5.50. The third-order valence-electron chi connectivity index (χ3n) is 7.17. The maximum atomic E-state index is 13.9. The number of hydrogen-bond acceptors (Lipinski definition) is 7. The first-order valence-corrected chi connectivity index (χ1v) is 12.8. The summed E-state index contributed by atoms with van der Waals surface area (Å²) in [4.78, 5) is 4.19. The molecule has 0 saturated carbocycles. The summed E-state index contributed by atoms with van der Waals surface area (Å²) in [5.74, 6) is -1.97. The van der Waals surface area contributed by atoms with Crippen molar-refractivity contribution in [3.63, 3.8) is 0 Å². The molecule has 2 aromatic carbocycles. The second-order valence-corrected chi connectivity index (χ2v) is 10.2. The van der Waals surface area contributed by atoms with E-state index in [9.17, 15) is 17.6 Å². The Hall–Kier alpha value is -3.06. The van der Waals surface area contributed by atoms with Crippen LogP contribution in [0.3, 0.4) is 0 Å². The van der Waals surface area contributed by atoms with Gasteiger partial charge in [0.05, 0.1) is 19.3 Å². The van der Waals surface area contributed by atoms with E-state index in [1.165, 1.54) is 24.3 Å². The minimum absolute atomic E-state index is 0.138. The van der Waals surface area contributed by atoms with Crippen LogP contribution in [0, 0.1) is 5.82 Å². The van der Waals surface area contributed by atoms with Gasteiger partial charge in [0, 0.05) is 32.0 Å². The third kappa shape index (κ3) is 6.24. The predicted octanol–water partition coefficient (Wildman–Crippen LogP) is 4.77. The minimum atomic E-state index is -4.79. The third-order valence-corrected chi connectivity index (χ3v) is 7.17. The molecule has 12 heteroatoms. The van der Waals surface area contributed by atoms with Crippen LogP contribution in [0.5, 0.6) is 5.75 Å². The molecule has 39 heavy (non-hydrogen) atoms. The van der Waals surface area contributed by atoms with Gasteiger partial charge in [-0.15, -0.1) is 13.2 Å². The van der Waals surface area contributed by atoms with Gasteiger partial charge in [-0.05, 0) is 49.8 Å². The number of benzene rings is 2. The highest BCUT2D eigenvalue weighted by molar-refractivity contribution is 5.37. The monoisotopic (exact) mass is 549 g/mol. The van der Waals surface area contributed by atoms with E-state index in [4.69, 9.17) is 9.47 Å². The summed E-state index contributed by atoms with van der Waals surface area (Å²) in [5, 5.41) is 11.4. The lowest BCUT2D eigenvalue weighted by molar-refractivity contribution is -0.315. The largest absolute Gasteiger partial charge is 0.573 e. The normalized spacial score (nSPS) is 24.4. The van der Waals surface area contributed by atoms with E-state index in [-0.39, 0.29) is 24.1 Å². The van der Waals surface area contributed by atoms with E-state index in [1.807, 2.05) is 19.0 Å². The Morgan fingerprint density at radius 1 is 1.08 bits per heavy atom. The molecule has 5 rings (SSSR count). The van der Waals surface area contributed by atoms with Gasteiger partial charge >= 0.3 is 6.36 Å². The number of aromatic nitrogens is 3. The van der Waals surface area contributed by atoms with Gasteiger partial charge in [-0.1, -0.05) is 30.3 Å². The molecule has 1 spiro atoms. The molecule has 0 amide bonds. The number of para-hydroxylation sites is 1. The number of morpholine rings is 1. The topological polar surface area (TPSA) is 75.7 Å². The van der Waals surface area contributed by atoms with Crippen molar-refractivity contribution in [1.82, 2.24) is 25.2 Å². The predicted molar refractivity (Wildman–Crippen MR) is 133 cm³/mol. The molecule has 0 radical (unpaired) electrons. The number of nitrogens with zero attached hydrogens (tertiary/aromatic N) is 4. The van der Waals surface area contributed by atoms with Crippen LogP contribution < -0.4 is 4.74 Å². The number of H-pyrrole nitrogens is 1. The van der Waals surface area contributed by atoms with Crippen LogP contribution >= 0.6 is 0 Å². The Labute approximate surface area is 223 Å².